The molecule has 0 aliphatic carbocycles. The number of rotatable bonds is 1. The Kier molecular flexibility index (Phi) is 2.55. The molecule has 2 N–H and O–H groups in total. The van der Waals surface area contributed by atoms with E-state index in [0.29, 0.717) is 10.9 Å². The Hall–Kier alpha value is -0.500. The molecule has 1 rings (SSSR count). The maximum Gasteiger partial charge on any atom is 0.199 e. The van der Waals surface area contributed by atoms with Crippen molar-refractivity contribution >= 4 is 13.7 Å². The van der Waals surface area contributed by atoms with E-state index in [4.69, 9.17) is 9.79 Å². The summed E-state index contributed by atoms with van der Waals surface area (Å²) in [6.45, 7) is 1.64. The molecular weight excluding hydrogens is 166 g/mol. The summed E-state index contributed by atoms with van der Waals surface area (Å²) in [6.07, 6.45) is 0. The monoisotopic (exact) mass is 174 g/mol. The van der Waals surface area contributed by atoms with Gasteiger partial charge in [0.2, 0.25) is 0 Å². The van der Waals surface area contributed by atoms with Gasteiger partial charge >= 0.3 is 0 Å². The lowest BCUT2D eigenvalue weighted by Crippen LogP contribution is -2.04. The predicted molar refractivity (Wildman–Crippen MR) is 42.1 cm³/mol. The number of hydrogen-bond acceptors (Lipinski definition) is 2. The Morgan fingerprint density at radius 2 is 2.00 bits per heavy atom. The molecule has 2 nitrogen and oxygen atoms in total. The van der Waals surface area contributed by atoms with Crippen LogP contribution < -0.4 is 5.30 Å². The van der Waals surface area contributed by atoms with Crippen molar-refractivity contribution < 1.29 is 14.2 Å². The van der Waals surface area contributed by atoms with Crippen LogP contribution in [0, 0.1) is 12.7 Å². The molecule has 11 heavy (non-hydrogen) atoms. The van der Waals surface area contributed by atoms with E-state index in [1.54, 1.807) is 6.92 Å². The van der Waals surface area contributed by atoms with Gasteiger partial charge in [-0.05, 0) is 30.7 Å². The molecule has 0 amide bonds. The molecule has 0 spiro atoms. The second-order valence-electron chi connectivity index (χ2n) is 2.22. The SMILES string of the molecule is Cc1cc(F)ccc1P(O)O. The Morgan fingerprint density at radius 3 is 2.45 bits per heavy atom. The van der Waals surface area contributed by atoms with E-state index in [1.165, 1.54) is 18.2 Å². The third kappa shape index (κ3) is 1.96. The van der Waals surface area contributed by atoms with Gasteiger partial charge in [0.05, 0.1) is 0 Å². The van der Waals surface area contributed by atoms with Crippen LogP contribution in [0.1, 0.15) is 5.56 Å². The lowest BCUT2D eigenvalue weighted by molar-refractivity contribution is 0.496. The van der Waals surface area contributed by atoms with Gasteiger partial charge in [-0.15, -0.1) is 0 Å². The van der Waals surface area contributed by atoms with Gasteiger partial charge in [-0.1, -0.05) is 0 Å². The summed E-state index contributed by atoms with van der Waals surface area (Å²) < 4.78 is 12.5. The molecule has 0 radical (unpaired) electrons. The largest absolute Gasteiger partial charge is 0.347 e. The minimum absolute atomic E-state index is 0.358. The van der Waals surface area contributed by atoms with Gasteiger partial charge in [-0.25, -0.2) is 4.39 Å². The van der Waals surface area contributed by atoms with Crippen LogP contribution in [0.15, 0.2) is 18.2 Å². The van der Waals surface area contributed by atoms with Crippen LogP contribution in [0.25, 0.3) is 0 Å². The van der Waals surface area contributed by atoms with Crippen molar-refractivity contribution in [3.8, 4) is 0 Å². The third-order valence-electron chi connectivity index (χ3n) is 1.37. The summed E-state index contributed by atoms with van der Waals surface area (Å²) in [5.41, 5.74) is 0.570. The molecule has 4 heteroatoms. The first-order chi connectivity index (χ1) is 5.11. The summed E-state index contributed by atoms with van der Waals surface area (Å²) in [4.78, 5) is 17.6. The van der Waals surface area contributed by atoms with E-state index < -0.39 is 8.38 Å². The first-order valence-electron chi connectivity index (χ1n) is 3.05. The van der Waals surface area contributed by atoms with Gasteiger partial charge < -0.3 is 9.79 Å². The highest BCUT2D eigenvalue weighted by Gasteiger charge is 2.07. The van der Waals surface area contributed by atoms with Crippen molar-refractivity contribution in [2.24, 2.45) is 0 Å². The number of aryl methyl sites for hydroxylation is 1. The average molecular weight is 174 g/mol. The highest BCUT2D eigenvalue weighted by atomic mass is 31.2. The minimum Gasteiger partial charge on any atom is -0.347 e. The summed E-state index contributed by atoms with van der Waals surface area (Å²) in [5, 5.41) is 0.404. The van der Waals surface area contributed by atoms with E-state index in [9.17, 15) is 4.39 Å². The third-order valence-corrected chi connectivity index (χ3v) is 2.31. The Balaban J connectivity index is 3.09. The first kappa shape index (κ1) is 8.60. The molecule has 0 saturated carbocycles. The summed E-state index contributed by atoms with van der Waals surface area (Å²) in [7, 11) is -2.10. The zero-order valence-corrected chi connectivity index (χ0v) is 6.85. The first-order valence-corrected chi connectivity index (χ1v) is 4.30. The fraction of sp³-hybridized carbons (Fsp3) is 0.143. The van der Waals surface area contributed by atoms with Gasteiger partial charge in [0.25, 0.3) is 0 Å². The van der Waals surface area contributed by atoms with Gasteiger partial charge in [0.15, 0.2) is 8.38 Å². The molecule has 0 heterocycles. The summed E-state index contributed by atoms with van der Waals surface area (Å²) >= 11 is 0. The maximum atomic E-state index is 12.5. The van der Waals surface area contributed by atoms with Crippen LogP contribution in [-0.2, 0) is 0 Å². The Labute approximate surface area is 65.2 Å². The van der Waals surface area contributed by atoms with Crippen LogP contribution in [0.3, 0.4) is 0 Å². The molecule has 0 atom stereocenters. The van der Waals surface area contributed by atoms with Crippen LogP contribution >= 0.6 is 8.38 Å². The lowest BCUT2D eigenvalue weighted by Gasteiger charge is -2.05. The van der Waals surface area contributed by atoms with Gasteiger partial charge in [0, 0.05) is 5.30 Å². The second-order valence-corrected chi connectivity index (χ2v) is 3.28. The molecular formula is C7H8FO2P. The van der Waals surface area contributed by atoms with Crippen molar-refractivity contribution in [1.29, 1.82) is 0 Å². The Bertz CT molecular complexity index is 263. The van der Waals surface area contributed by atoms with Crippen molar-refractivity contribution in [2.75, 3.05) is 0 Å². The fourth-order valence-electron chi connectivity index (χ4n) is 0.843. The summed E-state index contributed by atoms with van der Waals surface area (Å²) in [6, 6.07) is 3.87. The van der Waals surface area contributed by atoms with Crippen molar-refractivity contribution in [3.63, 3.8) is 0 Å². The van der Waals surface area contributed by atoms with E-state index in [2.05, 4.69) is 0 Å². The zero-order valence-electron chi connectivity index (χ0n) is 5.95. The highest BCUT2D eigenvalue weighted by molar-refractivity contribution is 7.54. The molecule has 60 valence electrons. The highest BCUT2D eigenvalue weighted by Crippen LogP contribution is 2.23. The summed E-state index contributed by atoms with van der Waals surface area (Å²) in [5.74, 6) is -0.358. The minimum atomic E-state index is -2.10. The van der Waals surface area contributed by atoms with Gasteiger partial charge in [-0.2, -0.15) is 0 Å². The average Bonchev–Trinajstić information content (AvgIpc) is 1.85. The topological polar surface area (TPSA) is 40.5 Å². The molecule has 0 aliphatic rings. The van der Waals surface area contributed by atoms with E-state index >= 15 is 0 Å². The molecule has 1 aromatic carbocycles. The normalized spacial score (nSPS) is 10.6. The smallest absolute Gasteiger partial charge is 0.199 e. The van der Waals surface area contributed by atoms with Crippen molar-refractivity contribution in [3.05, 3.63) is 29.6 Å². The van der Waals surface area contributed by atoms with Crippen LogP contribution in [0.5, 0.6) is 0 Å². The zero-order chi connectivity index (χ0) is 8.43. The molecule has 0 bridgehead atoms. The van der Waals surface area contributed by atoms with Gasteiger partial charge in [0.1, 0.15) is 5.82 Å². The fourth-order valence-corrected chi connectivity index (χ4v) is 1.43. The predicted octanol–water partition coefficient (Wildman–Crippen LogP) is 1.06. The number of benzene rings is 1. The number of hydrogen-bond donors (Lipinski definition) is 2. The van der Waals surface area contributed by atoms with E-state index in [1.807, 2.05) is 0 Å². The van der Waals surface area contributed by atoms with Crippen LogP contribution in [0.4, 0.5) is 4.39 Å². The quantitative estimate of drug-likeness (QED) is 0.625. The van der Waals surface area contributed by atoms with Crippen molar-refractivity contribution in [1.82, 2.24) is 0 Å². The van der Waals surface area contributed by atoms with E-state index in [-0.39, 0.29) is 5.82 Å². The molecule has 0 fully saturated rings. The second kappa shape index (κ2) is 3.26. The molecule has 0 aromatic heterocycles. The van der Waals surface area contributed by atoms with Crippen molar-refractivity contribution in [2.45, 2.75) is 6.92 Å². The van der Waals surface area contributed by atoms with Crippen LogP contribution in [0.2, 0.25) is 0 Å². The standard InChI is InChI=1S/C7H8FO2P/c1-5-4-6(8)2-3-7(5)11(9)10/h2-4,9-10H,1H3. The molecule has 0 saturated heterocycles. The Morgan fingerprint density at radius 1 is 1.36 bits per heavy atom. The molecule has 0 aliphatic heterocycles. The molecule has 0 unspecified atom stereocenters. The maximum absolute atomic E-state index is 12.5. The molecule has 1 aromatic rings. The van der Waals surface area contributed by atoms with E-state index in [0.717, 1.165) is 0 Å². The van der Waals surface area contributed by atoms with Crippen LogP contribution in [-0.4, -0.2) is 9.79 Å². The van der Waals surface area contributed by atoms with Gasteiger partial charge in [-0.3, -0.25) is 0 Å². The lowest BCUT2D eigenvalue weighted by atomic mass is 10.2. The number of halogens is 1.